The Morgan fingerprint density at radius 3 is 2.92 bits per heavy atom. The molecule has 0 bridgehead atoms. The smallest absolute Gasteiger partial charge is 0.153 e. The number of aromatic nitrogens is 3. The fourth-order valence-corrected chi connectivity index (χ4v) is 1.21. The summed E-state index contributed by atoms with van der Waals surface area (Å²) in [6.07, 6.45) is 2.52. The van der Waals surface area contributed by atoms with Crippen LogP contribution in [0, 0.1) is 0 Å². The molecular formula is C9H16N4. The summed E-state index contributed by atoms with van der Waals surface area (Å²) in [4.78, 5) is 4.42. The van der Waals surface area contributed by atoms with Crippen molar-refractivity contribution in [1.29, 1.82) is 0 Å². The summed E-state index contributed by atoms with van der Waals surface area (Å²) in [5.41, 5.74) is 0. The van der Waals surface area contributed by atoms with Crippen LogP contribution in [-0.2, 0) is 6.54 Å². The van der Waals surface area contributed by atoms with Crippen LogP contribution in [0.2, 0.25) is 0 Å². The normalized spacial score (nSPS) is 16.8. The van der Waals surface area contributed by atoms with Crippen LogP contribution < -0.4 is 5.32 Å². The summed E-state index contributed by atoms with van der Waals surface area (Å²) in [6.45, 7) is 5.04. The second-order valence-corrected chi connectivity index (χ2v) is 3.95. The molecule has 0 radical (unpaired) electrons. The van der Waals surface area contributed by atoms with Gasteiger partial charge in [0.1, 0.15) is 5.82 Å². The fourth-order valence-electron chi connectivity index (χ4n) is 1.21. The van der Waals surface area contributed by atoms with Gasteiger partial charge in [-0.1, -0.05) is 13.8 Å². The van der Waals surface area contributed by atoms with Crippen molar-refractivity contribution >= 4 is 0 Å². The van der Waals surface area contributed by atoms with E-state index in [1.54, 1.807) is 0 Å². The summed E-state index contributed by atoms with van der Waals surface area (Å²) in [5, 5.41) is 10.4. The van der Waals surface area contributed by atoms with E-state index >= 15 is 0 Å². The maximum atomic E-state index is 4.42. The molecule has 1 aliphatic rings. The molecule has 0 spiro atoms. The Labute approximate surface area is 78.1 Å². The van der Waals surface area contributed by atoms with Gasteiger partial charge in [-0.05, 0) is 12.8 Å². The predicted molar refractivity (Wildman–Crippen MR) is 50.3 cm³/mol. The fraction of sp³-hybridized carbons (Fsp3) is 0.778. The van der Waals surface area contributed by atoms with E-state index in [2.05, 4.69) is 34.3 Å². The van der Waals surface area contributed by atoms with Crippen molar-refractivity contribution in [3.05, 3.63) is 11.6 Å². The molecule has 1 aromatic heterocycles. The second kappa shape index (κ2) is 3.46. The van der Waals surface area contributed by atoms with Gasteiger partial charge in [-0.2, -0.15) is 5.10 Å². The van der Waals surface area contributed by atoms with Crippen LogP contribution >= 0.6 is 0 Å². The van der Waals surface area contributed by atoms with Gasteiger partial charge in [0, 0.05) is 12.0 Å². The zero-order valence-corrected chi connectivity index (χ0v) is 8.17. The van der Waals surface area contributed by atoms with Crippen molar-refractivity contribution in [1.82, 2.24) is 20.5 Å². The maximum Gasteiger partial charge on any atom is 0.153 e. The van der Waals surface area contributed by atoms with Gasteiger partial charge in [0.2, 0.25) is 0 Å². The minimum Gasteiger partial charge on any atom is -0.308 e. The molecule has 2 N–H and O–H groups in total. The van der Waals surface area contributed by atoms with Gasteiger partial charge in [0.25, 0.3) is 0 Å². The van der Waals surface area contributed by atoms with Gasteiger partial charge >= 0.3 is 0 Å². The summed E-state index contributed by atoms with van der Waals surface area (Å²) in [5.74, 6) is 2.60. The van der Waals surface area contributed by atoms with E-state index in [9.17, 15) is 0 Å². The quantitative estimate of drug-likeness (QED) is 0.731. The van der Waals surface area contributed by atoms with Crippen molar-refractivity contribution in [2.24, 2.45) is 0 Å². The zero-order chi connectivity index (χ0) is 9.26. The lowest BCUT2D eigenvalue weighted by molar-refractivity contribution is 0.573. The Bertz CT molecular complexity index is 275. The Balaban J connectivity index is 1.89. The molecule has 72 valence electrons. The molecule has 0 atom stereocenters. The molecule has 13 heavy (non-hydrogen) atoms. The minimum atomic E-state index is 0.495. The Hall–Kier alpha value is -0.900. The lowest BCUT2D eigenvalue weighted by Gasteiger charge is -2.03. The first kappa shape index (κ1) is 8.69. The third kappa shape index (κ3) is 2.28. The molecule has 1 heterocycles. The Morgan fingerprint density at radius 1 is 1.54 bits per heavy atom. The van der Waals surface area contributed by atoms with Gasteiger partial charge in [-0.15, -0.1) is 0 Å². The zero-order valence-electron chi connectivity index (χ0n) is 8.17. The summed E-state index contributed by atoms with van der Waals surface area (Å²) in [7, 11) is 0. The van der Waals surface area contributed by atoms with Gasteiger partial charge in [-0.3, -0.25) is 5.10 Å². The van der Waals surface area contributed by atoms with Crippen LogP contribution in [0.25, 0.3) is 0 Å². The molecule has 0 amide bonds. The number of hydrogen-bond donors (Lipinski definition) is 2. The first-order chi connectivity index (χ1) is 6.25. The van der Waals surface area contributed by atoms with E-state index in [1.165, 1.54) is 12.8 Å². The summed E-state index contributed by atoms with van der Waals surface area (Å²) in [6, 6.07) is 0.495. The first-order valence-electron chi connectivity index (χ1n) is 4.90. The van der Waals surface area contributed by atoms with Gasteiger partial charge in [-0.25, -0.2) is 4.98 Å². The average molecular weight is 180 g/mol. The third-order valence-electron chi connectivity index (χ3n) is 2.17. The predicted octanol–water partition coefficient (Wildman–Crippen LogP) is 1.18. The van der Waals surface area contributed by atoms with Gasteiger partial charge in [0.05, 0.1) is 6.54 Å². The van der Waals surface area contributed by atoms with Crippen molar-refractivity contribution in [2.45, 2.75) is 45.2 Å². The first-order valence-corrected chi connectivity index (χ1v) is 4.90. The van der Waals surface area contributed by atoms with Crippen molar-refractivity contribution < 1.29 is 0 Å². The Morgan fingerprint density at radius 2 is 2.31 bits per heavy atom. The summed E-state index contributed by atoms with van der Waals surface area (Å²) >= 11 is 0. The third-order valence-corrected chi connectivity index (χ3v) is 2.17. The topological polar surface area (TPSA) is 53.6 Å². The highest BCUT2D eigenvalue weighted by molar-refractivity contribution is 5.04. The number of H-pyrrole nitrogens is 1. The van der Waals surface area contributed by atoms with Crippen LogP contribution in [0.15, 0.2) is 0 Å². The molecule has 0 aromatic carbocycles. The number of rotatable bonds is 4. The lowest BCUT2D eigenvalue weighted by Crippen LogP contribution is -2.22. The van der Waals surface area contributed by atoms with E-state index in [-0.39, 0.29) is 0 Å². The molecule has 2 rings (SSSR count). The monoisotopic (exact) mass is 180 g/mol. The number of hydrogen-bond acceptors (Lipinski definition) is 3. The van der Waals surface area contributed by atoms with E-state index < -0.39 is 0 Å². The number of aromatic amines is 1. The molecule has 0 saturated heterocycles. The molecule has 1 fully saturated rings. The minimum absolute atomic E-state index is 0.495. The molecule has 1 saturated carbocycles. The van der Waals surface area contributed by atoms with Gasteiger partial charge in [0.15, 0.2) is 5.82 Å². The molecular weight excluding hydrogens is 164 g/mol. The highest BCUT2D eigenvalue weighted by atomic mass is 15.2. The highest BCUT2D eigenvalue weighted by Crippen LogP contribution is 2.37. The van der Waals surface area contributed by atoms with Crippen LogP contribution in [0.5, 0.6) is 0 Å². The second-order valence-electron chi connectivity index (χ2n) is 3.95. The average Bonchev–Trinajstić information content (AvgIpc) is 2.83. The molecule has 0 unspecified atom stereocenters. The van der Waals surface area contributed by atoms with Crippen molar-refractivity contribution in [2.75, 3.05) is 0 Å². The van der Waals surface area contributed by atoms with Crippen LogP contribution in [0.4, 0.5) is 0 Å². The largest absolute Gasteiger partial charge is 0.308 e. The van der Waals surface area contributed by atoms with Crippen LogP contribution in [-0.4, -0.2) is 21.2 Å². The molecule has 4 nitrogen and oxygen atoms in total. The summed E-state index contributed by atoms with van der Waals surface area (Å²) < 4.78 is 0. The molecule has 1 aliphatic carbocycles. The highest BCUT2D eigenvalue weighted by Gasteiger charge is 2.27. The molecule has 1 aromatic rings. The standard InChI is InChI=1S/C9H16N4/c1-6(2)10-5-8-11-9(13-12-8)7-3-4-7/h6-7,10H,3-5H2,1-2H3,(H,11,12,13). The van der Waals surface area contributed by atoms with Gasteiger partial charge < -0.3 is 5.32 Å². The van der Waals surface area contributed by atoms with Crippen molar-refractivity contribution in [3.8, 4) is 0 Å². The maximum absolute atomic E-state index is 4.42. The molecule has 4 heteroatoms. The van der Waals surface area contributed by atoms with E-state index in [4.69, 9.17) is 0 Å². The van der Waals surface area contributed by atoms with E-state index in [0.717, 1.165) is 18.2 Å². The van der Waals surface area contributed by atoms with E-state index in [1.807, 2.05) is 0 Å². The van der Waals surface area contributed by atoms with Crippen molar-refractivity contribution in [3.63, 3.8) is 0 Å². The number of nitrogens with one attached hydrogen (secondary N) is 2. The van der Waals surface area contributed by atoms with Crippen LogP contribution in [0.1, 0.15) is 44.3 Å². The Kier molecular flexibility index (Phi) is 2.31. The molecule has 0 aliphatic heterocycles. The SMILES string of the molecule is CC(C)NCc1nc(C2CC2)n[nH]1. The van der Waals surface area contributed by atoms with Crippen LogP contribution in [0.3, 0.4) is 0 Å². The lowest BCUT2D eigenvalue weighted by atomic mass is 10.4. The number of nitrogens with zero attached hydrogens (tertiary/aromatic N) is 2. The van der Waals surface area contributed by atoms with E-state index in [0.29, 0.717) is 12.0 Å².